The lowest BCUT2D eigenvalue weighted by Gasteiger charge is -2.07. The summed E-state index contributed by atoms with van der Waals surface area (Å²) >= 11 is 1.50. The van der Waals surface area contributed by atoms with Gasteiger partial charge in [-0.1, -0.05) is 23.8 Å². The van der Waals surface area contributed by atoms with Gasteiger partial charge in [-0.3, -0.25) is 9.59 Å². The Hall–Kier alpha value is -3.69. The van der Waals surface area contributed by atoms with E-state index in [0.717, 1.165) is 30.4 Å². The first-order chi connectivity index (χ1) is 15.0. The van der Waals surface area contributed by atoms with Crippen LogP contribution in [0.4, 0.5) is 5.00 Å². The van der Waals surface area contributed by atoms with Crippen LogP contribution in [0, 0.1) is 18.3 Å². The molecule has 0 spiro atoms. The van der Waals surface area contributed by atoms with E-state index in [1.165, 1.54) is 22.3 Å². The third kappa shape index (κ3) is 3.43. The number of hydrogen-bond acceptors (Lipinski definition) is 5. The normalized spacial score (nSPS) is 12.5. The fourth-order valence-corrected chi connectivity index (χ4v) is 5.22. The molecule has 1 aliphatic carbocycles. The van der Waals surface area contributed by atoms with Crippen LogP contribution in [0.15, 0.2) is 57.7 Å². The molecule has 31 heavy (non-hydrogen) atoms. The molecule has 2 heterocycles. The number of nitrogens with one attached hydrogen (secondary N) is 1. The van der Waals surface area contributed by atoms with Crippen LogP contribution >= 0.6 is 11.3 Å². The van der Waals surface area contributed by atoms with Crippen LogP contribution in [0.1, 0.15) is 38.3 Å². The lowest BCUT2D eigenvalue weighted by atomic mass is 10.1. The number of thiophene rings is 1. The largest absolute Gasteiger partial charge is 0.456 e. The van der Waals surface area contributed by atoms with Crippen molar-refractivity contribution in [2.24, 2.45) is 0 Å². The minimum atomic E-state index is -0.265. The first-order valence-corrected chi connectivity index (χ1v) is 10.9. The van der Waals surface area contributed by atoms with Crippen molar-refractivity contribution in [3.8, 4) is 17.4 Å². The lowest BCUT2D eigenvalue weighted by Crippen LogP contribution is -2.11. The highest BCUT2D eigenvalue weighted by atomic mass is 32.1. The van der Waals surface area contributed by atoms with Crippen LogP contribution in [-0.2, 0) is 12.8 Å². The van der Waals surface area contributed by atoms with E-state index < -0.39 is 0 Å². The number of hydrogen-bond donors (Lipinski definition) is 1. The second-order valence-electron chi connectivity index (χ2n) is 7.68. The van der Waals surface area contributed by atoms with Crippen molar-refractivity contribution < 1.29 is 9.21 Å². The number of carbonyl (C=O) groups is 1. The maximum atomic E-state index is 12.7. The zero-order valence-electron chi connectivity index (χ0n) is 16.8. The van der Waals surface area contributed by atoms with Crippen molar-refractivity contribution >= 4 is 33.2 Å². The molecule has 1 aliphatic rings. The SMILES string of the molecule is Cc1ccc2oc(-c3ccc(C(=O)Nc4sc5c(c4C#N)CCC5)cc3)cc(=O)c2c1. The first kappa shape index (κ1) is 19.3. The van der Waals surface area contributed by atoms with E-state index in [2.05, 4.69) is 11.4 Å². The molecule has 0 saturated carbocycles. The number of nitriles is 1. The molecule has 0 aliphatic heterocycles. The van der Waals surface area contributed by atoms with E-state index in [0.29, 0.717) is 38.4 Å². The number of nitrogens with zero attached hydrogens (tertiary/aromatic N) is 1. The molecule has 5 nitrogen and oxygen atoms in total. The fraction of sp³-hybridized carbons (Fsp3) is 0.160. The van der Waals surface area contributed by atoms with Crippen molar-refractivity contribution in [1.29, 1.82) is 5.26 Å². The van der Waals surface area contributed by atoms with Gasteiger partial charge < -0.3 is 9.73 Å². The second kappa shape index (κ2) is 7.53. The zero-order chi connectivity index (χ0) is 21.5. The van der Waals surface area contributed by atoms with Gasteiger partial charge in [-0.25, -0.2) is 0 Å². The maximum absolute atomic E-state index is 12.7. The molecule has 5 rings (SSSR count). The van der Waals surface area contributed by atoms with E-state index in [4.69, 9.17) is 4.42 Å². The quantitative estimate of drug-likeness (QED) is 0.473. The molecular formula is C25H18N2O3S. The van der Waals surface area contributed by atoms with Crippen LogP contribution < -0.4 is 10.7 Å². The molecule has 2 aromatic heterocycles. The molecule has 0 saturated heterocycles. The Labute approximate surface area is 182 Å². The van der Waals surface area contributed by atoms with Crippen LogP contribution in [0.5, 0.6) is 0 Å². The van der Waals surface area contributed by atoms with E-state index in [1.54, 1.807) is 30.3 Å². The minimum Gasteiger partial charge on any atom is -0.456 e. The third-order valence-electron chi connectivity index (χ3n) is 5.57. The van der Waals surface area contributed by atoms with Gasteiger partial charge in [0.2, 0.25) is 0 Å². The lowest BCUT2D eigenvalue weighted by molar-refractivity contribution is 0.102. The predicted molar refractivity (Wildman–Crippen MR) is 122 cm³/mol. The highest BCUT2D eigenvalue weighted by Crippen LogP contribution is 2.38. The number of amides is 1. The summed E-state index contributed by atoms with van der Waals surface area (Å²) in [5.41, 5.74) is 4.29. The first-order valence-electron chi connectivity index (χ1n) is 10.0. The van der Waals surface area contributed by atoms with E-state index in [9.17, 15) is 14.9 Å². The van der Waals surface area contributed by atoms with Crippen LogP contribution in [0.25, 0.3) is 22.3 Å². The average molecular weight is 426 g/mol. The predicted octanol–water partition coefficient (Wildman–Crippen LogP) is 5.44. The van der Waals surface area contributed by atoms with Gasteiger partial charge >= 0.3 is 0 Å². The number of aryl methyl sites for hydroxylation is 2. The number of benzene rings is 2. The standard InChI is InChI=1S/C25H18N2O3S/c1-14-5-10-21-18(11-14)20(28)12-22(30-21)15-6-8-16(9-7-15)24(29)27-25-19(13-26)17-3-2-4-23(17)31-25/h5-12H,2-4H2,1H3,(H,27,29). The van der Waals surface area contributed by atoms with Gasteiger partial charge in [-0.15, -0.1) is 11.3 Å². The Kier molecular flexibility index (Phi) is 4.68. The van der Waals surface area contributed by atoms with Crippen molar-refractivity contribution in [3.63, 3.8) is 0 Å². The Bertz CT molecular complexity index is 1440. The molecule has 152 valence electrons. The van der Waals surface area contributed by atoms with Crippen molar-refractivity contribution in [1.82, 2.24) is 0 Å². The van der Waals surface area contributed by atoms with Gasteiger partial charge in [0.15, 0.2) is 5.43 Å². The second-order valence-corrected chi connectivity index (χ2v) is 8.78. The Balaban J connectivity index is 1.41. The topological polar surface area (TPSA) is 83.1 Å². The van der Waals surface area contributed by atoms with Gasteiger partial charge in [0.1, 0.15) is 22.4 Å². The molecule has 4 aromatic rings. The van der Waals surface area contributed by atoms with Crippen LogP contribution in [0.2, 0.25) is 0 Å². The molecule has 0 unspecified atom stereocenters. The molecule has 1 N–H and O–H groups in total. The Morgan fingerprint density at radius 1 is 1.13 bits per heavy atom. The molecule has 0 radical (unpaired) electrons. The molecule has 2 aromatic carbocycles. The van der Waals surface area contributed by atoms with Crippen molar-refractivity contribution in [2.45, 2.75) is 26.2 Å². The molecule has 0 bridgehead atoms. The smallest absolute Gasteiger partial charge is 0.256 e. The third-order valence-corrected chi connectivity index (χ3v) is 6.78. The fourth-order valence-electron chi connectivity index (χ4n) is 3.98. The monoisotopic (exact) mass is 426 g/mol. The maximum Gasteiger partial charge on any atom is 0.256 e. The molecule has 1 amide bonds. The summed E-state index contributed by atoms with van der Waals surface area (Å²) in [6.45, 7) is 1.93. The van der Waals surface area contributed by atoms with Crippen molar-refractivity contribution in [2.75, 3.05) is 5.32 Å². The highest BCUT2D eigenvalue weighted by molar-refractivity contribution is 7.16. The molecule has 0 fully saturated rings. The van der Waals surface area contributed by atoms with Crippen molar-refractivity contribution in [3.05, 3.63) is 85.9 Å². The number of rotatable bonds is 3. The van der Waals surface area contributed by atoms with Crippen LogP contribution in [0.3, 0.4) is 0 Å². The Morgan fingerprint density at radius 2 is 1.94 bits per heavy atom. The summed E-state index contributed by atoms with van der Waals surface area (Å²) in [6, 6.07) is 16.1. The molecular weight excluding hydrogens is 408 g/mol. The highest BCUT2D eigenvalue weighted by Gasteiger charge is 2.23. The average Bonchev–Trinajstić information content (AvgIpc) is 3.35. The number of carbonyl (C=O) groups excluding carboxylic acids is 1. The van der Waals surface area contributed by atoms with Gasteiger partial charge in [-0.05, 0) is 56.0 Å². The van der Waals surface area contributed by atoms with E-state index in [-0.39, 0.29) is 11.3 Å². The summed E-state index contributed by atoms with van der Waals surface area (Å²) in [4.78, 5) is 26.4. The molecule has 6 heteroatoms. The summed E-state index contributed by atoms with van der Waals surface area (Å²) < 4.78 is 5.91. The zero-order valence-corrected chi connectivity index (χ0v) is 17.6. The number of anilines is 1. The molecule has 0 atom stereocenters. The Morgan fingerprint density at radius 3 is 2.71 bits per heavy atom. The van der Waals surface area contributed by atoms with Gasteiger partial charge in [0.25, 0.3) is 5.91 Å². The minimum absolute atomic E-state index is 0.100. The van der Waals surface area contributed by atoms with E-state index >= 15 is 0 Å². The summed E-state index contributed by atoms with van der Waals surface area (Å²) in [5, 5.41) is 13.6. The number of fused-ring (bicyclic) bond motifs is 2. The summed E-state index contributed by atoms with van der Waals surface area (Å²) in [7, 11) is 0. The van der Waals surface area contributed by atoms with Gasteiger partial charge in [0.05, 0.1) is 10.9 Å². The summed E-state index contributed by atoms with van der Waals surface area (Å²) in [5.74, 6) is 0.188. The summed E-state index contributed by atoms with van der Waals surface area (Å²) in [6.07, 6.45) is 2.93. The van der Waals surface area contributed by atoms with Gasteiger partial charge in [-0.2, -0.15) is 5.26 Å². The van der Waals surface area contributed by atoms with Crippen LogP contribution in [-0.4, -0.2) is 5.91 Å². The van der Waals surface area contributed by atoms with Gasteiger partial charge in [0, 0.05) is 22.1 Å². The van der Waals surface area contributed by atoms with E-state index in [1.807, 2.05) is 19.1 Å².